The van der Waals surface area contributed by atoms with Gasteiger partial charge in [-0.1, -0.05) is 41.5 Å². The van der Waals surface area contributed by atoms with Crippen molar-refractivity contribution < 1.29 is 16.8 Å². The van der Waals surface area contributed by atoms with Gasteiger partial charge >= 0.3 is 0 Å². The van der Waals surface area contributed by atoms with E-state index in [0.717, 1.165) is 11.1 Å². The molecule has 0 spiro atoms. The molecule has 150 valence electrons. The van der Waals surface area contributed by atoms with Gasteiger partial charge in [0.25, 0.3) is 0 Å². The van der Waals surface area contributed by atoms with Gasteiger partial charge in [0.05, 0.1) is 15.8 Å². The summed E-state index contributed by atoms with van der Waals surface area (Å²) in [5.41, 5.74) is 1.94. The van der Waals surface area contributed by atoms with E-state index in [9.17, 15) is 16.8 Å². The number of hydrogen-bond donors (Lipinski definition) is 0. The van der Waals surface area contributed by atoms with Crippen LogP contribution in [0.5, 0.6) is 0 Å². The zero-order valence-corrected chi connectivity index (χ0v) is 17.6. The number of rotatable bonds is 5. The molecule has 0 radical (unpaired) electrons. The van der Waals surface area contributed by atoms with Crippen molar-refractivity contribution in [3.63, 3.8) is 0 Å². The predicted molar refractivity (Wildman–Crippen MR) is 109 cm³/mol. The van der Waals surface area contributed by atoms with Gasteiger partial charge in [-0.05, 0) is 38.1 Å². The second kappa shape index (κ2) is 7.79. The third-order valence-corrected chi connectivity index (χ3v) is 8.71. The van der Waals surface area contributed by atoms with Crippen molar-refractivity contribution in [1.82, 2.24) is 8.61 Å². The lowest BCUT2D eigenvalue weighted by Gasteiger charge is -2.38. The lowest BCUT2D eigenvalue weighted by Crippen LogP contribution is -2.55. The number of piperazine rings is 1. The fourth-order valence-electron chi connectivity index (χ4n) is 3.18. The molecule has 28 heavy (non-hydrogen) atoms. The van der Waals surface area contributed by atoms with Gasteiger partial charge in [0.15, 0.2) is 0 Å². The highest BCUT2D eigenvalue weighted by Gasteiger charge is 2.38. The Morgan fingerprint density at radius 2 is 1.29 bits per heavy atom. The van der Waals surface area contributed by atoms with Crippen LogP contribution in [0.15, 0.2) is 71.0 Å². The minimum absolute atomic E-state index is 0.0325. The summed E-state index contributed by atoms with van der Waals surface area (Å²) in [5, 5.41) is 0. The molecule has 1 heterocycles. The molecule has 0 N–H and O–H groups in total. The first-order valence-electron chi connectivity index (χ1n) is 8.94. The van der Waals surface area contributed by atoms with Crippen molar-refractivity contribution in [1.29, 1.82) is 0 Å². The number of aryl methyl sites for hydroxylation is 2. The van der Waals surface area contributed by atoms with Crippen LogP contribution in [0.2, 0.25) is 0 Å². The van der Waals surface area contributed by atoms with Gasteiger partial charge in [-0.25, -0.2) is 16.8 Å². The van der Waals surface area contributed by atoms with Crippen LogP contribution in [0, 0.1) is 13.8 Å². The second-order valence-electron chi connectivity index (χ2n) is 6.91. The summed E-state index contributed by atoms with van der Waals surface area (Å²) < 4.78 is 54.6. The van der Waals surface area contributed by atoms with E-state index in [1.54, 1.807) is 48.5 Å². The van der Waals surface area contributed by atoms with Crippen molar-refractivity contribution in [2.75, 3.05) is 19.6 Å². The Bertz CT molecular complexity index is 1060. The highest BCUT2D eigenvalue weighted by molar-refractivity contribution is 7.89. The molecule has 0 aliphatic carbocycles. The molecule has 8 heteroatoms. The number of benzene rings is 2. The van der Waals surface area contributed by atoms with Crippen LogP contribution in [0.3, 0.4) is 0 Å². The van der Waals surface area contributed by atoms with Gasteiger partial charge < -0.3 is 0 Å². The highest BCUT2D eigenvalue weighted by atomic mass is 32.2. The standard InChI is InChI=1S/C20H24N2O4S2/c1-4-18-15-21(27(23,24)19-9-5-16(2)6-10-19)13-14-22(18)28(25,26)20-11-7-17(3)8-12-20/h4-12,18H,1,13-15H2,2-3H3/t18-/m0/s1. The maximum atomic E-state index is 13.0. The lowest BCUT2D eigenvalue weighted by molar-refractivity contribution is 0.230. The van der Waals surface area contributed by atoms with Crippen molar-refractivity contribution in [2.45, 2.75) is 29.7 Å². The van der Waals surface area contributed by atoms with E-state index < -0.39 is 26.1 Å². The van der Waals surface area contributed by atoms with Gasteiger partial charge in [-0.3, -0.25) is 0 Å². The van der Waals surface area contributed by atoms with E-state index in [4.69, 9.17) is 0 Å². The van der Waals surface area contributed by atoms with E-state index in [1.807, 2.05) is 13.8 Å². The molecule has 1 atom stereocenters. The monoisotopic (exact) mass is 420 g/mol. The fraction of sp³-hybridized carbons (Fsp3) is 0.300. The zero-order chi connectivity index (χ0) is 20.5. The van der Waals surface area contributed by atoms with Crippen LogP contribution in [-0.4, -0.2) is 51.1 Å². The van der Waals surface area contributed by atoms with Gasteiger partial charge in [0.2, 0.25) is 20.0 Å². The summed E-state index contributed by atoms with van der Waals surface area (Å²) in [6.45, 7) is 7.69. The van der Waals surface area contributed by atoms with Crippen LogP contribution < -0.4 is 0 Å². The van der Waals surface area contributed by atoms with Crippen LogP contribution >= 0.6 is 0 Å². The van der Waals surface area contributed by atoms with Crippen molar-refractivity contribution in [2.24, 2.45) is 0 Å². The van der Waals surface area contributed by atoms with Crippen LogP contribution in [0.25, 0.3) is 0 Å². The quantitative estimate of drug-likeness (QED) is 0.697. The minimum atomic E-state index is -3.74. The Labute approximate surface area is 167 Å². The highest BCUT2D eigenvalue weighted by Crippen LogP contribution is 2.26. The number of sulfonamides is 2. The molecule has 2 aromatic carbocycles. The first kappa shape index (κ1) is 20.7. The Morgan fingerprint density at radius 3 is 1.75 bits per heavy atom. The molecule has 0 amide bonds. The Kier molecular flexibility index (Phi) is 5.77. The third-order valence-electron chi connectivity index (χ3n) is 4.89. The van der Waals surface area contributed by atoms with E-state index >= 15 is 0 Å². The number of nitrogens with zero attached hydrogens (tertiary/aromatic N) is 2. The molecule has 3 rings (SSSR count). The average molecular weight is 421 g/mol. The van der Waals surface area contributed by atoms with Crippen LogP contribution in [0.1, 0.15) is 11.1 Å². The summed E-state index contributed by atoms with van der Waals surface area (Å²) >= 11 is 0. The Balaban J connectivity index is 1.86. The first-order chi connectivity index (χ1) is 13.2. The van der Waals surface area contributed by atoms with Gasteiger partial charge in [0, 0.05) is 19.6 Å². The summed E-state index contributed by atoms with van der Waals surface area (Å²) in [6, 6.07) is 12.6. The van der Waals surface area contributed by atoms with E-state index in [1.165, 1.54) is 14.7 Å². The smallest absolute Gasteiger partial charge is 0.207 e. The molecule has 0 bridgehead atoms. The summed E-state index contributed by atoms with van der Waals surface area (Å²) in [6.07, 6.45) is 1.49. The molecule has 2 aromatic rings. The molecular weight excluding hydrogens is 396 g/mol. The number of hydrogen-bond acceptors (Lipinski definition) is 4. The summed E-state index contributed by atoms with van der Waals surface area (Å²) in [7, 11) is -7.44. The summed E-state index contributed by atoms with van der Waals surface area (Å²) in [5.74, 6) is 0. The van der Waals surface area contributed by atoms with Crippen LogP contribution in [-0.2, 0) is 20.0 Å². The predicted octanol–water partition coefficient (Wildman–Crippen LogP) is 2.55. The van der Waals surface area contributed by atoms with E-state index in [-0.39, 0.29) is 29.4 Å². The van der Waals surface area contributed by atoms with E-state index in [2.05, 4.69) is 6.58 Å². The molecule has 1 fully saturated rings. The summed E-state index contributed by atoms with van der Waals surface area (Å²) in [4.78, 5) is 0.399. The van der Waals surface area contributed by atoms with E-state index in [0.29, 0.717) is 0 Å². The molecule has 6 nitrogen and oxygen atoms in total. The average Bonchev–Trinajstić information content (AvgIpc) is 2.68. The fourth-order valence-corrected chi connectivity index (χ4v) is 6.21. The molecule has 1 saturated heterocycles. The van der Waals surface area contributed by atoms with Gasteiger partial charge in [0.1, 0.15) is 0 Å². The normalized spacial score (nSPS) is 19.4. The Morgan fingerprint density at radius 1 is 0.821 bits per heavy atom. The van der Waals surface area contributed by atoms with Gasteiger partial charge in [-0.2, -0.15) is 8.61 Å². The molecule has 0 saturated carbocycles. The molecule has 1 aliphatic rings. The SMILES string of the molecule is C=C[C@H]1CN(S(=O)(=O)c2ccc(C)cc2)CCN1S(=O)(=O)c1ccc(C)cc1. The third kappa shape index (κ3) is 3.91. The second-order valence-corrected chi connectivity index (χ2v) is 10.7. The molecule has 0 unspecified atom stereocenters. The molecular formula is C20H24N2O4S2. The maximum Gasteiger partial charge on any atom is 0.243 e. The van der Waals surface area contributed by atoms with Crippen molar-refractivity contribution >= 4 is 20.0 Å². The zero-order valence-electron chi connectivity index (χ0n) is 15.9. The maximum absolute atomic E-state index is 13.0. The van der Waals surface area contributed by atoms with Crippen molar-refractivity contribution in [3.05, 3.63) is 72.3 Å². The molecule has 0 aromatic heterocycles. The van der Waals surface area contributed by atoms with Crippen molar-refractivity contribution in [3.8, 4) is 0 Å². The Hall–Kier alpha value is -2.00. The first-order valence-corrected chi connectivity index (χ1v) is 11.8. The lowest BCUT2D eigenvalue weighted by atomic mass is 10.2. The minimum Gasteiger partial charge on any atom is -0.207 e. The van der Waals surface area contributed by atoms with Gasteiger partial charge in [-0.15, -0.1) is 6.58 Å². The largest absolute Gasteiger partial charge is 0.243 e. The topological polar surface area (TPSA) is 74.8 Å². The van der Waals surface area contributed by atoms with Crippen LogP contribution in [0.4, 0.5) is 0 Å². The molecule has 1 aliphatic heterocycles.